The van der Waals surface area contributed by atoms with Gasteiger partial charge in [-0.3, -0.25) is 4.79 Å². The van der Waals surface area contributed by atoms with Gasteiger partial charge < -0.3 is 10.2 Å². The summed E-state index contributed by atoms with van der Waals surface area (Å²) in [6.45, 7) is 2.92. The van der Waals surface area contributed by atoms with E-state index in [1.54, 1.807) is 0 Å². The third-order valence-corrected chi connectivity index (χ3v) is 4.19. The van der Waals surface area contributed by atoms with E-state index in [0.717, 1.165) is 38.2 Å². The minimum atomic E-state index is 0. The van der Waals surface area contributed by atoms with E-state index in [9.17, 15) is 4.79 Å². The van der Waals surface area contributed by atoms with Crippen molar-refractivity contribution in [2.75, 3.05) is 31.1 Å². The molecule has 94 valence electrons. The van der Waals surface area contributed by atoms with Gasteiger partial charge in [-0.2, -0.15) is 11.8 Å². The first kappa shape index (κ1) is 14.1. The summed E-state index contributed by atoms with van der Waals surface area (Å²) in [5, 5.41) is 3.34. The average Bonchev–Trinajstić information content (AvgIpc) is 2.58. The normalized spacial score (nSPS) is 26.8. The third-order valence-electron chi connectivity index (χ3n) is 3.14. The van der Waals surface area contributed by atoms with Crippen LogP contribution in [0.25, 0.3) is 0 Å². The smallest absolute Gasteiger partial charge is 0.239 e. The Morgan fingerprint density at radius 2 is 2.06 bits per heavy atom. The lowest BCUT2D eigenvalue weighted by molar-refractivity contribution is -0.133. The molecule has 0 aromatic rings. The van der Waals surface area contributed by atoms with E-state index in [0.29, 0.717) is 5.91 Å². The van der Waals surface area contributed by atoms with Gasteiger partial charge in [-0.1, -0.05) is 6.42 Å². The number of rotatable bonds is 1. The molecule has 0 saturated carbocycles. The average molecular weight is 265 g/mol. The lowest BCUT2D eigenvalue weighted by Crippen LogP contribution is -2.49. The summed E-state index contributed by atoms with van der Waals surface area (Å²) in [7, 11) is 0. The Labute approximate surface area is 108 Å². The molecule has 3 nitrogen and oxygen atoms in total. The predicted octanol–water partition coefficient (Wildman–Crippen LogP) is 1.52. The van der Waals surface area contributed by atoms with Gasteiger partial charge in [0.05, 0.1) is 6.04 Å². The van der Waals surface area contributed by atoms with E-state index in [1.165, 1.54) is 18.6 Å². The lowest BCUT2D eigenvalue weighted by atomic mass is 10.0. The Morgan fingerprint density at radius 1 is 1.19 bits per heavy atom. The Kier molecular flexibility index (Phi) is 6.54. The highest BCUT2D eigenvalue weighted by Gasteiger charge is 2.25. The number of carbonyl (C=O) groups is 1. The first-order chi connectivity index (χ1) is 7.38. The fourth-order valence-corrected chi connectivity index (χ4v) is 3.14. The van der Waals surface area contributed by atoms with Gasteiger partial charge >= 0.3 is 0 Å². The molecular weight excluding hydrogens is 244 g/mol. The molecule has 0 unspecified atom stereocenters. The van der Waals surface area contributed by atoms with E-state index in [4.69, 9.17) is 0 Å². The number of amides is 1. The summed E-state index contributed by atoms with van der Waals surface area (Å²) in [5.74, 6) is 2.66. The molecule has 0 spiro atoms. The van der Waals surface area contributed by atoms with Crippen LogP contribution in [0.15, 0.2) is 0 Å². The van der Waals surface area contributed by atoms with Crippen LogP contribution in [0.3, 0.4) is 0 Å². The van der Waals surface area contributed by atoms with Crippen LogP contribution in [0, 0.1) is 0 Å². The molecule has 16 heavy (non-hydrogen) atoms. The Morgan fingerprint density at radius 3 is 2.81 bits per heavy atom. The highest BCUT2D eigenvalue weighted by Crippen LogP contribution is 2.14. The number of hydrogen-bond acceptors (Lipinski definition) is 3. The van der Waals surface area contributed by atoms with Crippen molar-refractivity contribution in [3.8, 4) is 0 Å². The molecule has 1 amide bonds. The second-order valence-corrected chi connectivity index (χ2v) is 5.52. The monoisotopic (exact) mass is 264 g/mol. The number of hydrogen-bond donors (Lipinski definition) is 1. The van der Waals surface area contributed by atoms with Crippen LogP contribution < -0.4 is 5.32 Å². The highest BCUT2D eigenvalue weighted by molar-refractivity contribution is 7.99. The number of piperidine rings is 1. The molecule has 2 fully saturated rings. The Balaban J connectivity index is 0.00000128. The molecule has 2 saturated heterocycles. The quantitative estimate of drug-likeness (QED) is 0.779. The summed E-state index contributed by atoms with van der Waals surface area (Å²) in [5.41, 5.74) is 0. The van der Waals surface area contributed by atoms with Crippen LogP contribution in [-0.2, 0) is 4.79 Å². The van der Waals surface area contributed by atoms with Gasteiger partial charge in [0.15, 0.2) is 0 Å². The van der Waals surface area contributed by atoms with Gasteiger partial charge in [0.25, 0.3) is 0 Å². The Bertz CT molecular complexity index is 214. The van der Waals surface area contributed by atoms with Crippen molar-refractivity contribution in [3.63, 3.8) is 0 Å². The standard InChI is InChI=1S/C11H20N2OS.ClH/c14-11(10-4-1-2-5-12-10)13-6-3-8-15-9-7-13;/h10,12H,1-9H2;1H/t10-;/m0./s1. The first-order valence-electron chi connectivity index (χ1n) is 5.98. The number of thioether (sulfide) groups is 1. The SMILES string of the molecule is Cl.O=C([C@@H]1CCCCN1)N1CCCSCC1. The second-order valence-electron chi connectivity index (χ2n) is 4.29. The fourth-order valence-electron chi connectivity index (χ4n) is 2.25. The number of halogens is 1. The predicted molar refractivity (Wildman–Crippen MR) is 71.4 cm³/mol. The zero-order chi connectivity index (χ0) is 10.5. The van der Waals surface area contributed by atoms with Gasteiger partial charge in [0.2, 0.25) is 5.91 Å². The van der Waals surface area contributed by atoms with E-state index >= 15 is 0 Å². The molecule has 0 aliphatic carbocycles. The highest BCUT2D eigenvalue weighted by atomic mass is 35.5. The molecule has 1 atom stereocenters. The third kappa shape index (κ3) is 3.82. The van der Waals surface area contributed by atoms with E-state index < -0.39 is 0 Å². The maximum Gasteiger partial charge on any atom is 0.239 e. The maximum absolute atomic E-state index is 12.2. The van der Waals surface area contributed by atoms with Crippen molar-refractivity contribution in [2.45, 2.75) is 31.7 Å². The molecule has 5 heteroatoms. The van der Waals surface area contributed by atoms with Crippen molar-refractivity contribution in [3.05, 3.63) is 0 Å². The van der Waals surface area contributed by atoms with Crippen LogP contribution in [0.4, 0.5) is 0 Å². The molecule has 2 rings (SSSR count). The van der Waals surface area contributed by atoms with Crippen LogP contribution in [0.1, 0.15) is 25.7 Å². The van der Waals surface area contributed by atoms with Crippen LogP contribution in [0.2, 0.25) is 0 Å². The summed E-state index contributed by atoms with van der Waals surface area (Å²) < 4.78 is 0. The van der Waals surface area contributed by atoms with E-state index in [2.05, 4.69) is 10.2 Å². The largest absolute Gasteiger partial charge is 0.340 e. The summed E-state index contributed by atoms with van der Waals surface area (Å²) >= 11 is 1.97. The zero-order valence-corrected chi connectivity index (χ0v) is 11.2. The van der Waals surface area contributed by atoms with Crippen molar-refractivity contribution >= 4 is 30.1 Å². The molecule has 0 aromatic heterocycles. The number of nitrogens with one attached hydrogen (secondary N) is 1. The summed E-state index contributed by atoms with van der Waals surface area (Å²) in [6, 6.07) is 0.113. The minimum Gasteiger partial charge on any atom is -0.340 e. The van der Waals surface area contributed by atoms with Gasteiger partial charge in [-0.05, 0) is 31.6 Å². The van der Waals surface area contributed by atoms with Crippen molar-refractivity contribution in [2.24, 2.45) is 0 Å². The minimum absolute atomic E-state index is 0. The molecule has 0 aromatic carbocycles. The van der Waals surface area contributed by atoms with E-state index in [-0.39, 0.29) is 18.4 Å². The Hall–Kier alpha value is 0.0700. The second kappa shape index (κ2) is 7.41. The molecule has 2 aliphatic heterocycles. The molecule has 0 radical (unpaired) electrons. The van der Waals surface area contributed by atoms with Crippen molar-refractivity contribution < 1.29 is 4.79 Å². The van der Waals surface area contributed by atoms with Crippen molar-refractivity contribution in [1.29, 1.82) is 0 Å². The topological polar surface area (TPSA) is 32.3 Å². The van der Waals surface area contributed by atoms with Crippen LogP contribution in [0.5, 0.6) is 0 Å². The molecule has 2 aliphatic rings. The molecular formula is C11H21ClN2OS. The number of nitrogens with zero attached hydrogens (tertiary/aromatic N) is 1. The molecule has 0 bridgehead atoms. The zero-order valence-electron chi connectivity index (χ0n) is 9.61. The molecule has 1 N–H and O–H groups in total. The first-order valence-corrected chi connectivity index (χ1v) is 7.13. The van der Waals surface area contributed by atoms with Crippen LogP contribution in [-0.4, -0.2) is 48.0 Å². The summed E-state index contributed by atoms with van der Waals surface area (Å²) in [6.07, 6.45) is 4.61. The summed E-state index contributed by atoms with van der Waals surface area (Å²) in [4.78, 5) is 14.2. The number of carbonyl (C=O) groups excluding carboxylic acids is 1. The van der Waals surface area contributed by atoms with Gasteiger partial charge in [-0.15, -0.1) is 12.4 Å². The van der Waals surface area contributed by atoms with Gasteiger partial charge in [0.1, 0.15) is 0 Å². The van der Waals surface area contributed by atoms with Crippen LogP contribution >= 0.6 is 24.2 Å². The van der Waals surface area contributed by atoms with Crippen molar-refractivity contribution in [1.82, 2.24) is 10.2 Å². The van der Waals surface area contributed by atoms with Gasteiger partial charge in [-0.25, -0.2) is 0 Å². The molecule has 2 heterocycles. The van der Waals surface area contributed by atoms with E-state index in [1.807, 2.05) is 11.8 Å². The lowest BCUT2D eigenvalue weighted by Gasteiger charge is -2.29. The van der Waals surface area contributed by atoms with Gasteiger partial charge in [0, 0.05) is 18.8 Å². The maximum atomic E-state index is 12.2. The fraction of sp³-hybridized carbons (Fsp3) is 0.909.